The third-order valence-electron chi connectivity index (χ3n) is 3.28. The summed E-state index contributed by atoms with van der Waals surface area (Å²) in [5.41, 5.74) is 1.79. The fourth-order valence-electron chi connectivity index (χ4n) is 2.13. The highest BCUT2D eigenvalue weighted by atomic mass is 79.9. The number of rotatable bonds is 6. The van der Waals surface area contributed by atoms with Gasteiger partial charge < -0.3 is 4.74 Å². The molecular weight excluding hydrogens is 334 g/mol. The van der Waals surface area contributed by atoms with Gasteiger partial charge in [0.1, 0.15) is 0 Å². The van der Waals surface area contributed by atoms with Crippen LogP contribution in [0.1, 0.15) is 17.0 Å². The summed E-state index contributed by atoms with van der Waals surface area (Å²) in [7, 11) is 0. The van der Waals surface area contributed by atoms with Crippen LogP contribution in [0.4, 0.5) is 5.69 Å². The predicted molar refractivity (Wildman–Crippen MR) is 86.3 cm³/mol. The molecule has 0 aliphatic heterocycles. The molecule has 5 heteroatoms. The molecule has 0 N–H and O–H groups in total. The summed E-state index contributed by atoms with van der Waals surface area (Å²) >= 11 is 3.47. The molecule has 110 valence electrons. The molecule has 0 amide bonds. The summed E-state index contributed by atoms with van der Waals surface area (Å²) in [5.74, 6) is 0.466. The van der Waals surface area contributed by atoms with E-state index in [0.29, 0.717) is 17.9 Å². The number of ether oxygens (including phenoxy) is 1. The molecule has 0 aliphatic carbocycles. The minimum absolute atomic E-state index is 0.0406. The number of hydrogen-bond donors (Lipinski definition) is 0. The Morgan fingerprint density at radius 1 is 1.19 bits per heavy atom. The lowest BCUT2D eigenvalue weighted by Gasteiger charge is -2.16. The average molecular weight is 350 g/mol. The maximum Gasteiger partial charge on any atom is 0.313 e. The molecule has 0 saturated heterocycles. The number of halogens is 1. The van der Waals surface area contributed by atoms with Crippen LogP contribution in [-0.2, 0) is 0 Å². The molecule has 2 aromatic rings. The van der Waals surface area contributed by atoms with Gasteiger partial charge in [0.15, 0.2) is 5.75 Å². The molecule has 21 heavy (non-hydrogen) atoms. The van der Waals surface area contributed by atoms with Crippen molar-refractivity contribution in [2.45, 2.75) is 12.8 Å². The van der Waals surface area contributed by atoms with Crippen molar-refractivity contribution in [1.82, 2.24) is 0 Å². The van der Waals surface area contributed by atoms with Crippen LogP contribution in [0.3, 0.4) is 0 Å². The molecule has 0 bridgehead atoms. The Hall–Kier alpha value is -1.88. The average Bonchev–Trinajstić information content (AvgIpc) is 2.48. The number of nitrogens with zero attached hydrogens (tertiary/aromatic N) is 1. The van der Waals surface area contributed by atoms with Crippen molar-refractivity contribution in [3.8, 4) is 5.75 Å². The van der Waals surface area contributed by atoms with Crippen molar-refractivity contribution in [2.75, 3.05) is 11.9 Å². The maximum atomic E-state index is 11.1. The van der Waals surface area contributed by atoms with E-state index in [1.165, 1.54) is 0 Å². The second kappa shape index (κ2) is 7.22. The molecule has 0 aliphatic rings. The van der Waals surface area contributed by atoms with Crippen LogP contribution in [0.5, 0.6) is 5.75 Å². The van der Waals surface area contributed by atoms with Gasteiger partial charge in [0.05, 0.1) is 11.5 Å². The molecule has 0 heterocycles. The van der Waals surface area contributed by atoms with Crippen LogP contribution in [-0.4, -0.2) is 16.9 Å². The standard InChI is InChI=1S/C16H16BrNO3/c1-12-6-5-9-15(16(12)18(19)20)21-11-14(10-17)13-7-3-2-4-8-13/h2-9,14H,10-11H2,1H3. The summed E-state index contributed by atoms with van der Waals surface area (Å²) < 4.78 is 5.72. The largest absolute Gasteiger partial charge is 0.486 e. The normalized spacial score (nSPS) is 11.9. The number of benzene rings is 2. The maximum absolute atomic E-state index is 11.1. The van der Waals surface area contributed by atoms with Gasteiger partial charge in [-0.15, -0.1) is 0 Å². The van der Waals surface area contributed by atoms with Gasteiger partial charge in [-0.05, 0) is 18.6 Å². The number of alkyl halides is 1. The number of para-hydroxylation sites is 1. The highest BCUT2D eigenvalue weighted by Crippen LogP contribution is 2.31. The zero-order valence-electron chi connectivity index (χ0n) is 11.7. The zero-order valence-corrected chi connectivity index (χ0v) is 13.2. The lowest BCUT2D eigenvalue weighted by Crippen LogP contribution is -2.12. The monoisotopic (exact) mass is 349 g/mol. The van der Waals surface area contributed by atoms with E-state index in [1.54, 1.807) is 25.1 Å². The van der Waals surface area contributed by atoms with E-state index in [0.717, 1.165) is 10.9 Å². The lowest BCUT2D eigenvalue weighted by molar-refractivity contribution is -0.386. The van der Waals surface area contributed by atoms with Gasteiger partial charge in [-0.3, -0.25) is 10.1 Å². The van der Waals surface area contributed by atoms with Crippen LogP contribution in [0, 0.1) is 17.0 Å². The third kappa shape index (κ3) is 3.82. The quantitative estimate of drug-likeness (QED) is 0.439. The summed E-state index contributed by atoms with van der Waals surface area (Å²) in [6.07, 6.45) is 0. The van der Waals surface area contributed by atoms with Crippen LogP contribution < -0.4 is 4.74 Å². The molecule has 1 unspecified atom stereocenters. The smallest absolute Gasteiger partial charge is 0.313 e. The first-order valence-corrected chi connectivity index (χ1v) is 7.73. The highest BCUT2D eigenvalue weighted by molar-refractivity contribution is 9.09. The molecule has 4 nitrogen and oxygen atoms in total. The Bertz CT molecular complexity index is 616. The highest BCUT2D eigenvalue weighted by Gasteiger charge is 2.19. The Morgan fingerprint density at radius 3 is 2.52 bits per heavy atom. The summed E-state index contributed by atoms with van der Waals surface area (Å²) in [6, 6.07) is 15.1. The molecule has 0 fully saturated rings. The SMILES string of the molecule is Cc1cccc(OCC(CBr)c2ccccc2)c1[N+](=O)[O-]. The first-order chi connectivity index (χ1) is 10.1. The van der Waals surface area contributed by atoms with Crippen LogP contribution in [0.15, 0.2) is 48.5 Å². The first-order valence-electron chi connectivity index (χ1n) is 6.61. The van der Waals surface area contributed by atoms with E-state index in [1.807, 2.05) is 30.3 Å². The summed E-state index contributed by atoms with van der Waals surface area (Å²) in [6.45, 7) is 2.10. The fraction of sp³-hybridized carbons (Fsp3) is 0.250. The van der Waals surface area contributed by atoms with E-state index < -0.39 is 4.92 Å². The van der Waals surface area contributed by atoms with Crippen LogP contribution in [0.25, 0.3) is 0 Å². The van der Waals surface area contributed by atoms with E-state index >= 15 is 0 Å². The van der Waals surface area contributed by atoms with Gasteiger partial charge in [0, 0.05) is 16.8 Å². The number of aryl methyl sites for hydroxylation is 1. The molecule has 2 rings (SSSR count). The number of nitro groups is 1. The lowest BCUT2D eigenvalue weighted by atomic mass is 10.0. The van der Waals surface area contributed by atoms with E-state index in [9.17, 15) is 10.1 Å². The topological polar surface area (TPSA) is 52.4 Å². The molecular formula is C16H16BrNO3. The molecule has 0 radical (unpaired) electrons. The van der Waals surface area contributed by atoms with Crippen molar-refractivity contribution < 1.29 is 9.66 Å². The van der Waals surface area contributed by atoms with Gasteiger partial charge in [-0.25, -0.2) is 0 Å². The Morgan fingerprint density at radius 2 is 1.90 bits per heavy atom. The third-order valence-corrected chi connectivity index (χ3v) is 4.06. The molecule has 2 aromatic carbocycles. The summed E-state index contributed by atoms with van der Waals surface area (Å²) in [5, 5.41) is 11.9. The first kappa shape index (κ1) is 15.5. The second-order valence-electron chi connectivity index (χ2n) is 4.75. The van der Waals surface area contributed by atoms with Crippen molar-refractivity contribution in [3.05, 3.63) is 69.8 Å². The molecule has 1 atom stereocenters. The van der Waals surface area contributed by atoms with Gasteiger partial charge >= 0.3 is 5.69 Å². The minimum atomic E-state index is -0.393. The van der Waals surface area contributed by atoms with E-state index in [-0.39, 0.29) is 11.6 Å². The fourth-order valence-corrected chi connectivity index (χ4v) is 2.69. The van der Waals surface area contributed by atoms with Crippen molar-refractivity contribution in [2.24, 2.45) is 0 Å². The van der Waals surface area contributed by atoms with Gasteiger partial charge in [0.2, 0.25) is 0 Å². The minimum Gasteiger partial charge on any atom is -0.486 e. The van der Waals surface area contributed by atoms with Gasteiger partial charge in [-0.2, -0.15) is 0 Å². The van der Waals surface area contributed by atoms with Gasteiger partial charge in [0.25, 0.3) is 0 Å². The number of hydrogen-bond acceptors (Lipinski definition) is 3. The number of nitro benzene ring substituents is 1. The van der Waals surface area contributed by atoms with E-state index in [2.05, 4.69) is 15.9 Å². The predicted octanol–water partition coefficient (Wildman–Crippen LogP) is 4.46. The van der Waals surface area contributed by atoms with Crippen molar-refractivity contribution in [1.29, 1.82) is 0 Å². The van der Waals surface area contributed by atoms with Crippen LogP contribution >= 0.6 is 15.9 Å². The molecule has 0 saturated carbocycles. The van der Waals surface area contributed by atoms with Gasteiger partial charge in [-0.1, -0.05) is 58.4 Å². The Balaban J connectivity index is 2.16. The molecule has 0 aromatic heterocycles. The van der Waals surface area contributed by atoms with Crippen molar-refractivity contribution in [3.63, 3.8) is 0 Å². The zero-order chi connectivity index (χ0) is 15.2. The van der Waals surface area contributed by atoms with Crippen molar-refractivity contribution >= 4 is 21.6 Å². The Labute approximate surface area is 132 Å². The second-order valence-corrected chi connectivity index (χ2v) is 5.40. The Kier molecular flexibility index (Phi) is 5.33. The summed E-state index contributed by atoms with van der Waals surface area (Å²) in [4.78, 5) is 10.8. The van der Waals surface area contributed by atoms with E-state index in [4.69, 9.17) is 4.74 Å². The van der Waals surface area contributed by atoms with Crippen LogP contribution in [0.2, 0.25) is 0 Å². The molecule has 0 spiro atoms.